The van der Waals surface area contributed by atoms with Crippen LogP contribution in [0.1, 0.15) is 69.2 Å². The molecule has 1 fully saturated rings. The predicted molar refractivity (Wildman–Crippen MR) is 131 cm³/mol. The first-order valence-corrected chi connectivity index (χ1v) is 12.5. The highest BCUT2D eigenvalue weighted by molar-refractivity contribution is 7.19. The zero-order valence-electron chi connectivity index (χ0n) is 18.3. The van der Waals surface area contributed by atoms with Crippen LogP contribution in [-0.4, -0.2) is 0 Å². The van der Waals surface area contributed by atoms with Gasteiger partial charge in [0.15, 0.2) is 0 Å². The van der Waals surface area contributed by atoms with Gasteiger partial charge in [-0.15, -0.1) is 11.3 Å². The van der Waals surface area contributed by atoms with Gasteiger partial charge in [-0.3, -0.25) is 0 Å². The maximum absolute atomic E-state index is 15.3. The Morgan fingerprint density at radius 2 is 1.73 bits per heavy atom. The van der Waals surface area contributed by atoms with Crippen molar-refractivity contribution in [1.82, 2.24) is 0 Å². The summed E-state index contributed by atoms with van der Waals surface area (Å²) in [4.78, 5) is 1.16. The summed E-state index contributed by atoms with van der Waals surface area (Å²) in [6.45, 7) is 4.47. The summed E-state index contributed by atoms with van der Waals surface area (Å²) in [5.41, 5.74) is 2.98. The van der Waals surface area contributed by atoms with Crippen LogP contribution < -0.4 is 0 Å². The fourth-order valence-corrected chi connectivity index (χ4v) is 5.85. The number of thiophene rings is 1. The van der Waals surface area contributed by atoms with Gasteiger partial charge in [-0.05, 0) is 72.6 Å². The molecule has 0 amide bonds. The van der Waals surface area contributed by atoms with E-state index in [1.165, 1.54) is 44.1 Å². The van der Waals surface area contributed by atoms with Crippen molar-refractivity contribution in [3.05, 3.63) is 64.8 Å². The van der Waals surface area contributed by atoms with Crippen molar-refractivity contribution in [2.45, 2.75) is 65.2 Å². The van der Waals surface area contributed by atoms with Gasteiger partial charge in [0, 0.05) is 10.4 Å². The molecule has 0 spiro atoms. The summed E-state index contributed by atoms with van der Waals surface area (Å²) in [5, 5.41) is 1.01. The SMILES string of the molecule is CCCc1ccc(-c2ccc3cc(/C=C/C4CCC(CCC)CC4)sc3c2F)cc1. The van der Waals surface area contributed by atoms with E-state index in [0.29, 0.717) is 11.5 Å². The lowest BCUT2D eigenvalue weighted by Crippen LogP contribution is -2.12. The molecule has 0 nitrogen and oxygen atoms in total. The summed E-state index contributed by atoms with van der Waals surface area (Å²) in [6.07, 6.45) is 14.8. The van der Waals surface area contributed by atoms with E-state index in [-0.39, 0.29) is 5.82 Å². The highest BCUT2D eigenvalue weighted by atomic mass is 32.1. The van der Waals surface area contributed by atoms with E-state index >= 15 is 4.39 Å². The van der Waals surface area contributed by atoms with Crippen molar-refractivity contribution in [3.63, 3.8) is 0 Å². The Hall–Kier alpha value is -1.93. The summed E-state index contributed by atoms with van der Waals surface area (Å²) >= 11 is 1.58. The molecule has 30 heavy (non-hydrogen) atoms. The Labute approximate surface area is 184 Å². The molecule has 0 radical (unpaired) electrons. The first-order chi connectivity index (χ1) is 14.7. The number of benzene rings is 2. The highest BCUT2D eigenvalue weighted by Gasteiger charge is 2.19. The highest BCUT2D eigenvalue weighted by Crippen LogP contribution is 2.36. The van der Waals surface area contributed by atoms with E-state index in [4.69, 9.17) is 0 Å². The Morgan fingerprint density at radius 1 is 0.967 bits per heavy atom. The number of hydrogen-bond donors (Lipinski definition) is 0. The number of aryl methyl sites for hydroxylation is 1. The van der Waals surface area contributed by atoms with Crippen LogP contribution in [0.4, 0.5) is 4.39 Å². The van der Waals surface area contributed by atoms with E-state index in [2.05, 4.69) is 62.4 Å². The van der Waals surface area contributed by atoms with Crippen molar-refractivity contribution in [1.29, 1.82) is 0 Å². The minimum atomic E-state index is -0.0829. The van der Waals surface area contributed by atoms with Crippen LogP contribution in [0.25, 0.3) is 27.3 Å². The molecule has 1 heterocycles. The Morgan fingerprint density at radius 3 is 2.43 bits per heavy atom. The smallest absolute Gasteiger partial charge is 0.148 e. The Kier molecular flexibility index (Phi) is 7.04. The van der Waals surface area contributed by atoms with Gasteiger partial charge in [-0.25, -0.2) is 4.39 Å². The fraction of sp³-hybridized carbons (Fsp3) is 0.429. The number of halogens is 1. The summed E-state index contributed by atoms with van der Waals surface area (Å²) in [6, 6.07) is 14.5. The molecule has 1 saturated carbocycles. The van der Waals surface area contributed by atoms with Crippen molar-refractivity contribution in [2.75, 3.05) is 0 Å². The summed E-state index contributed by atoms with van der Waals surface area (Å²) < 4.78 is 16.1. The zero-order chi connectivity index (χ0) is 20.9. The first-order valence-electron chi connectivity index (χ1n) is 11.7. The predicted octanol–water partition coefficient (Wildman–Crippen LogP) is 9.28. The van der Waals surface area contributed by atoms with Crippen LogP contribution in [0, 0.1) is 17.7 Å². The van der Waals surface area contributed by atoms with E-state index < -0.39 is 0 Å². The number of allylic oxidation sites excluding steroid dienone is 1. The molecule has 4 rings (SSSR count). The molecule has 0 aliphatic heterocycles. The lowest BCUT2D eigenvalue weighted by Gasteiger charge is -2.26. The molecule has 0 unspecified atom stereocenters. The Balaban J connectivity index is 1.50. The van der Waals surface area contributed by atoms with Crippen molar-refractivity contribution < 1.29 is 4.39 Å². The molecule has 0 bridgehead atoms. The minimum absolute atomic E-state index is 0.0829. The molecule has 2 aromatic carbocycles. The fourth-order valence-electron chi connectivity index (χ4n) is 4.84. The van der Waals surface area contributed by atoms with Crippen LogP contribution in [0.3, 0.4) is 0 Å². The van der Waals surface area contributed by atoms with Gasteiger partial charge >= 0.3 is 0 Å². The van der Waals surface area contributed by atoms with Gasteiger partial charge in [-0.1, -0.05) is 75.6 Å². The van der Waals surface area contributed by atoms with Crippen LogP contribution in [-0.2, 0) is 6.42 Å². The maximum Gasteiger partial charge on any atom is 0.148 e. The van der Waals surface area contributed by atoms with Gasteiger partial charge in [0.25, 0.3) is 0 Å². The number of hydrogen-bond acceptors (Lipinski definition) is 1. The van der Waals surface area contributed by atoms with Crippen LogP contribution in [0.2, 0.25) is 0 Å². The molecule has 0 saturated heterocycles. The van der Waals surface area contributed by atoms with Crippen LogP contribution in [0.15, 0.2) is 48.5 Å². The number of fused-ring (bicyclic) bond motifs is 1. The summed E-state index contributed by atoms with van der Waals surface area (Å²) in [7, 11) is 0. The molecular weight excluding hydrogens is 387 g/mol. The second-order valence-electron chi connectivity index (χ2n) is 8.87. The standard InChI is InChI=1S/C28H33FS/c1-3-5-20-7-9-22(10-8-20)13-17-25-19-24-16-18-26(27(29)28(24)30-25)23-14-11-21(6-4-2)12-15-23/h11-20,22H,3-10H2,1-2H3/b17-13+. The van der Waals surface area contributed by atoms with Crippen LogP contribution in [0.5, 0.6) is 0 Å². The van der Waals surface area contributed by atoms with E-state index in [1.807, 2.05) is 6.07 Å². The molecule has 0 N–H and O–H groups in total. The average Bonchev–Trinajstić information content (AvgIpc) is 3.19. The molecular formula is C28H33FS. The van der Waals surface area contributed by atoms with Gasteiger partial charge in [-0.2, -0.15) is 0 Å². The van der Waals surface area contributed by atoms with Crippen molar-refractivity contribution >= 4 is 27.5 Å². The Bertz CT molecular complexity index is 987. The van der Waals surface area contributed by atoms with E-state index in [1.54, 1.807) is 11.3 Å². The molecule has 158 valence electrons. The third-order valence-electron chi connectivity index (χ3n) is 6.57. The topological polar surface area (TPSA) is 0 Å². The normalized spacial score (nSPS) is 19.7. The number of rotatable bonds is 7. The van der Waals surface area contributed by atoms with Gasteiger partial charge in [0.1, 0.15) is 5.82 Å². The van der Waals surface area contributed by atoms with Gasteiger partial charge < -0.3 is 0 Å². The lowest BCUT2D eigenvalue weighted by molar-refractivity contribution is 0.295. The first kappa shape index (κ1) is 21.3. The lowest BCUT2D eigenvalue weighted by atomic mass is 9.80. The average molecular weight is 421 g/mol. The second kappa shape index (κ2) is 9.92. The van der Waals surface area contributed by atoms with Crippen LogP contribution >= 0.6 is 11.3 Å². The third-order valence-corrected chi connectivity index (χ3v) is 7.68. The quantitative estimate of drug-likeness (QED) is 0.357. The van der Waals surface area contributed by atoms with E-state index in [0.717, 1.165) is 39.3 Å². The maximum atomic E-state index is 15.3. The third kappa shape index (κ3) is 4.86. The molecule has 1 aromatic heterocycles. The van der Waals surface area contributed by atoms with Crippen molar-refractivity contribution in [3.8, 4) is 11.1 Å². The molecule has 3 aromatic rings. The van der Waals surface area contributed by atoms with Gasteiger partial charge in [0.05, 0.1) is 4.70 Å². The van der Waals surface area contributed by atoms with Gasteiger partial charge in [0.2, 0.25) is 0 Å². The molecule has 1 aliphatic carbocycles. The molecule has 2 heteroatoms. The zero-order valence-corrected chi connectivity index (χ0v) is 19.1. The monoisotopic (exact) mass is 420 g/mol. The van der Waals surface area contributed by atoms with E-state index in [9.17, 15) is 0 Å². The second-order valence-corrected chi connectivity index (χ2v) is 9.95. The molecule has 0 atom stereocenters. The van der Waals surface area contributed by atoms with Crippen molar-refractivity contribution in [2.24, 2.45) is 11.8 Å². The minimum Gasteiger partial charge on any atom is -0.205 e. The summed E-state index contributed by atoms with van der Waals surface area (Å²) in [5.74, 6) is 1.54. The largest absolute Gasteiger partial charge is 0.205 e. The molecule has 1 aliphatic rings.